The number of phosphoric ester groups is 1. The van der Waals surface area contributed by atoms with Gasteiger partial charge in [0.2, 0.25) is 0 Å². The average Bonchev–Trinajstić information content (AvgIpc) is 3.13. The lowest BCUT2D eigenvalue weighted by Crippen LogP contribution is -2.29. The van der Waals surface area contributed by atoms with Crippen molar-refractivity contribution in [2.45, 2.75) is 226 Å². The molecule has 0 bridgehead atoms. The van der Waals surface area contributed by atoms with Gasteiger partial charge in [-0.3, -0.25) is 18.6 Å². The van der Waals surface area contributed by atoms with Crippen molar-refractivity contribution >= 4 is 19.8 Å². The molecule has 0 fully saturated rings. The fraction of sp³-hybridized carbons (Fsp3) is 0.953. The first-order valence-electron chi connectivity index (χ1n) is 22.2. The first-order valence-corrected chi connectivity index (χ1v) is 23.7. The van der Waals surface area contributed by atoms with Crippen molar-refractivity contribution in [3.8, 4) is 0 Å². The lowest BCUT2D eigenvalue weighted by molar-refractivity contribution is -0.161. The second-order valence-corrected chi connectivity index (χ2v) is 17.8. The van der Waals surface area contributed by atoms with Gasteiger partial charge in [0, 0.05) is 12.8 Å². The standard InChI is InChI=1S/C43H85O10P/c1-38(2)30-26-22-18-15-13-11-9-7-5-6-8-10-12-14-16-20-25-29-33-43(47)53-41(37-52-54(48,49)51-35-40(45)34-44)36-50-42(46)32-28-24-21-17-19-23-27-31-39(3)4/h38-41,44-45H,5-37H2,1-4H3,(H,48,49)/t40-,41+/m0/s1. The summed E-state index contributed by atoms with van der Waals surface area (Å²) in [6, 6.07) is 0. The van der Waals surface area contributed by atoms with Crippen LogP contribution in [0.5, 0.6) is 0 Å². The van der Waals surface area contributed by atoms with Gasteiger partial charge in [0.15, 0.2) is 6.10 Å². The van der Waals surface area contributed by atoms with Crippen molar-refractivity contribution in [3.63, 3.8) is 0 Å². The third-order valence-corrected chi connectivity index (χ3v) is 10.8. The van der Waals surface area contributed by atoms with Crippen LogP contribution >= 0.6 is 7.82 Å². The zero-order chi connectivity index (χ0) is 40.1. The molecule has 0 aromatic heterocycles. The molecule has 0 radical (unpaired) electrons. The van der Waals surface area contributed by atoms with Gasteiger partial charge in [-0.05, 0) is 24.7 Å². The highest BCUT2D eigenvalue weighted by atomic mass is 31.2. The molecule has 54 heavy (non-hydrogen) atoms. The maximum absolute atomic E-state index is 12.6. The zero-order valence-electron chi connectivity index (χ0n) is 35.3. The number of carbonyl (C=O) groups is 2. The second kappa shape index (κ2) is 37.5. The lowest BCUT2D eigenvalue weighted by Gasteiger charge is -2.20. The third-order valence-electron chi connectivity index (χ3n) is 9.87. The molecule has 0 aromatic rings. The summed E-state index contributed by atoms with van der Waals surface area (Å²) < 4.78 is 32.7. The highest BCUT2D eigenvalue weighted by Gasteiger charge is 2.27. The number of hydrogen-bond donors (Lipinski definition) is 3. The first kappa shape index (κ1) is 53.0. The maximum Gasteiger partial charge on any atom is 0.472 e. The van der Waals surface area contributed by atoms with Crippen LogP contribution in [0.25, 0.3) is 0 Å². The molecule has 0 saturated heterocycles. The lowest BCUT2D eigenvalue weighted by atomic mass is 10.0. The van der Waals surface area contributed by atoms with Gasteiger partial charge in [0.25, 0.3) is 0 Å². The Morgan fingerprint density at radius 1 is 0.500 bits per heavy atom. The van der Waals surface area contributed by atoms with Crippen LogP contribution in [0.2, 0.25) is 0 Å². The van der Waals surface area contributed by atoms with Crippen LogP contribution in [0.4, 0.5) is 0 Å². The summed E-state index contributed by atoms with van der Waals surface area (Å²) in [5.41, 5.74) is 0. The molecule has 0 aliphatic carbocycles. The molecular weight excluding hydrogens is 707 g/mol. The molecule has 0 aromatic carbocycles. The molecule has 3 atom stereocenters. The molecule has 0 heterocycles. The van der Waals surface area contributed by atoms with E-state index < -0.39 is 51.8 Å². The smallest absolute Gasteiger partial charge is 0.462 e. The Kier molecular flexibility index (Phi) is 36.8. The van der Waals surface area contributed by atoms with E-state index in [1.165, 1.54) is 122 Å². The Labute approximate surface area is 331 Å². The molecule has 10 nitrogen and oxygen atoms in total. The number of hydrogen-bond acceptors (Lipinski definition) is 9. The van der Waals surface area contributed by atoms with Crippen LogP contribution in [-0.2, 0) is 32.7 Å². The van der Waals surface area contributed by atoms with E-state index in [0.29, 0.717) is 12.8 Å². The number of phosphoric acid groups is 1. The Balaban J connectivity index is 4.15. The molecule has 11 heteroatoms. The summed E-state index contributed by atoms with van der Waals surface area (Å²) in [6.45, 7) is 7.02. The van der Waals surface area contributed by atoms with E-state index in [1.807, 2.05) is 0 Å². The minimum absolute atomic E-state index is 0.191. The van der Waals surface area contributed by atoms with Gasteiger partial charge in [-0.1, -0.05) is 188 Å². The summed E-state index contributed by atoms with van der Waals surface area (Å²) in [5.74, 6) is 0.673. The highest BCUT2D eigenvalue weighted by Crippen LogP contribution is 2.43. The summed E-state index contributed by atoms with van der Waals surface area (Å²) in [7, 11) is -4.61. The topological polar surface area (TPSA) is 149 Å². The molecule has 0 saturated carbocycles. The molecular formula is C43H85O10P. The van der Waals surface area contributed by atoms with Gasteiger partial charge in [-0.15, -0.1) is 0 Å². The van der Waals surface area contributed by atoms with Crippen molar-refractivity contribution in [2.75, 3.05) is 26.4 Å². The van der Waals surface area contributed by atoms with Crippen LogP contribution in [0.15, 0.2) is 0 Å². The molecule has 0 spiro atoms. The summed E-state index contributed by atoms with van der Waals surface area (Å²) in [4.78, 5) is 34.9. The van der Waals surface area contributed by atoms with Crippen molar-refractivity contribution < 1.29 is 47.8 Å². The van der Waals surface area contributed by atoms with Gasteiger partial charge in [-0.25, -0.2) is 4.57 Å². The fourth-order valence-corrected chi connectivity index (χ4v) is 7.21. The molecule has 322 valence electrons. The van der Waals surface area contributed by atoms with Crippen LogP contribution in [-0.4, -0.2) is 65.7 Å². The number of esters is 2. The van der Waals surface area contributed by atoms with E-state index in [1.54, 1.807) is 0 Å². The van der Waals surface area contributed by atoms with E-state index in [0.717, 1.165) is 50.4 Å². The zero-order valence-corrected chi connectivity index (χ0v) is 36.2. The van der Waals surface area contributed by atoms with E-state index in [2.05, 4.69) is 32.2 Å². The molecule has 0 rings (SSSR count). The minimum Gasteiger partial charge on any atom is -0.462 e. The Hall–Kier alpha value is -1.03. The molecule has 3 N–H and O–H groups in total. The number of unbranched alkanes of at least 4 members (excludes halogenated alkanes) is 23. The van der Waals surface area contributed by atoms with Crippen molar-refractivity contribution in [2.24, 2.45) is 11.8 Å². The third kappa shape index (κ3) is 39.2. The average molecular weight is 793 g/mol. The van der Waals surface area contributed by atoms with Gasteiger partial charge < -0.3 is 24.6 Å². The number of rotatable bonds is 41. The molecule has 0 amide bonds. The van der Waals surface area contributed by atoms with Crippen LogP contribution in [0.1, 0.15) is 214 Å². The quantitative estimate of drug-likeness (QED) is 0.0310. The fourth-order valence-electron chi connectivity index (χ4n) is 6.42. The van der Waals surface area contributed by atoms with E-state index in [9.17, 15) is 24.2 Å². The van der Waals surface area contributed by atoms with E-state index >= 15 is 0 Å². The highest BCUT2D eigenvalue weighted by molar-refractivity contribution is 7.47. The summed E-state index contributed by atoms with van der Waals surface area (Å²) in [6.07, 6.45) is 31.0. The molecule has 0 aliphatic heterocycles. The van der Waals surface area contributed by atoms with Gasteiger partial charge >= 0.3 is 19.8 Å². The monoisotopic (exact) mass is 793 g/mol. The normalized spacial score (nSPS) is 14.0. The predicted molar refractivity (Wildman–Crippen MR) is 219 cm³/mol. The number of aliphatic hydroxyl groups is 2. The minimum atomic E-state index is -4.61. The van der Waals surface area contributed by atoms with Crippen molar-refractivity contribution in [1.29, 1.82) is 0 Å². The molecule has 0 aliphatic rings. The summed E-state index contributed by atoms with van der Waals surface area (Å²) >= 11 is 0. The number of ether oxygens (including phenoxy) is 2. The van der Waals surface area contributed by atoms with Crippen molar-refractivity contribution in [3.05, 3.63) is 0 Å². The SMILES string of the molecule is CC(C)CCCCCCCCCCCCCCCCCCCCC(=O)O[C@H](COC(=O)CCCCCCCCCC(C)C)COP(=O)(O)OC[C@@H](O)CO. The van der Waals surface area contributed by atoms with Gasteiger partial charge in [0.05, 0.1) is 19.8 Å². The Morgan fingerprint density at radius 2 is 0.833 bits per heavy atom. The number of carbonyl (C=O) groups excluding carboxylic acids is 2. The van der Waals surface area contributed by atoms with Gasteiger partial charge in [0.1, 0.15) is 12.7 Å². The first-order chi connectivity index (χ1) is 25.9. The van der Waals surface area contributed by atoms with Crippen LogP contribution in [0, 0.1) is 11.8 Å². The molecule has 1 unspecified atom stereocenters. The van der Waals surface area contributed by atoms with E-state index in [-0.39, 0.29) is 19.4 Å². The predicted octanol–water partition coefficient (Wildman–Crippen LogP) is 11.6. The Bertz CT molecular complexity index is 899. The van der Waals surface area contributed by atoms with Crippen LogP contribution in [0.3, 0.4) is 0 Å². The number of aliphatic hydroxyl groups excluding tert-OH is 2. The Morgan fingerprint density at radius 3 is 1.20 bits per heavy atom. The van der Waals surface area contributed by atoms with Crippen LogP contribution < -0.4 is 0 Å². The van der Waals surface area contributed by atoms with Gasteiger partial charge in [-0.2, -0.15) is 0 Å². The summed E-state index contributed by atoms with van der Waals surface area (Å²) in [5, 5.41) is 18.3. The maximum atomic E-state index is 12.6. The second-order valence-electron chi connectivity index (χ2n) is 16.4. The largest absolute Gasteiger partial charge is 0.472 e. The van der Waals surface area contributed by atoms with Crippen molar-refractivity contribution in [1.82, 2.24) is 0 Å². The van der Waals surface area contributed by atoms with E-state index in [4.69, 9.17) is 19.1 Å².